The molecule has 1 aromatic heterocycles. The third-order valence-electron chi connectivity index (χ3n) is 2.51. The van der Waals surface area contributed by atoms with Crippen molar-refractivity contribution in [1.29, 1.82) is 0 Å². The van der Waals surface area contributed by atoms with Gasteiger partial charge in [-0.25, -0.2) is 4.98 Å². The Kier molecular flexibility index (Phi) is 2.77. The molecule has 1 saturated heterocycles. The summed E-state index contributed by atoms with van der Waals surface area (Å²) in [5.41, 5.74) is 6.31. The van der Waals surface area contributed by atoms with Crippen LogP contribution in [0.5, 0.6) is 0 Å². The number of nitrogen functional groups attached to an aromatic ring is 1. The Morgan fingerprint density at radius 2 is 2.00 bits per heavy atom. The third kappa shape index (κ3) is 2.39. The SMILES string of the molecule is C[C@H]1CN(c2ccc(N)cn2)C[C@H](C)O1. The number of ether oxygens (including phenoxy) is 1. The summed E-state index contributed by atoms with van der Waals surface area (Å²) < 4.78 is 5.67. The third-order valence-corrected chi connectivity index (χ3v) is 2.51. The number of rotatable bonds is 1. The van der Waals surface area contributed by atoms with Crippen LogP contribution in [0.3, 0.4) is 0 Å². The monoisotopic (exact) mass is 207 g/mol. The van der Waals surface area contributed by atoms with Crippen molar-refractivity contribution in [2.45, 2.75) is 26.1 Å². The van der Waals surface area contributed by atoms with Crippen molar-refractivity contribution < 1.29 is 4.74 Å². The summed E-state index contributed by atoms with van der Waals surface area (Å²) >= 11 is 0. The molecule has 4 heteroatoms. The number of hydrogen-bond acceptors (Lipinski definition) is 4. The first-order valence-corrected chi connectivity index (χ1v) is 5.27. The van der Waals surface area contributed by atoms with Crippen LogP contribution in [0.2, 0.25) is 0 Å². The summed E-state index contributed by atoms with van der Waals surface area (Å²) in [6, 6.07) is 3.84. The number of anilines is 2. The largest absolute Gasteiger partial charge is 0.397 e. The first kappa shape index (κ1) is 10.2. The van der Waals surface area contributed by atoms with Crippen LogP contribution in [-0.2, 0) is 4.74 Å². The van der Waals surface area contributed by atoms with Crippen LogP contribution < -0.4 is 10.6 Å². The van der Waals surface area contributed by atoms with E-state index in [4.69, 9.17) is 10.5 Å². The molecule has 4 nitrogen and oxygen atoms in total. The highest BCUT2D eigenvalue weighted by molar-refractivity contribution is 5.46. The summed E-state index contributed by atoms with van der Waals surface area (Å²) in [6.07, 6.45) is 2.21. The molecular weight excluding hydrogens is 190 g/mol. The van der Waals surface area contributed by atoms with Crippen molar-refractivity contribution in [3.05, 3.63) is 18.3 Å². The number of nitrogens with zero attached hydrogens (tertiary/aromatic N) is 2. The van der Waals surface area contributed by atoms with Gasteiger partial charge in [0.05, 0.1) is 24.1 Å². The molecule has 0 amide bonds. The average Bonchev–Trinajstić information content (AvgIpc) is 2.17. The quantitative estimate of drug-likeness (QED) is 0.753. The summed E-state index contributed by atoms with van der Waals surface area (Å²) in [4.78, 5) is 6.55. The van der Waals surface area contributed by atoms with Crippen LogP contribution in [0.25, 0.3) is 0 Å². The van der Waals surface area contributed by atoms with E-state index >= 15 is 0 Å². The molecule has 0 unspecified atom stereocenters. The van der Waals surface area contributed by atoms with Crippen molar-refractivity contribution >= 4 is 11.5 Å². The molecule has 0 saturated carbocycles. The predicted octanol–water partition coefficient (Wildman–Crippen LogP) is 1.28. The van der Waals surface area contributed by atoms with Gasteiger partial charge in [-0.15, -0.1) is 0 Å². The van der Waals surface area contributed by atoms with E-state index in [1.165, 1.54) is 0 Å². The minimum atomic E-state index is 0.258. The van der Waals surface area contributed by atoms with E-state index in [1.54, 1.807) is 6.20 Å². The van der Waals surface area contributed by atoms with Crippen LogP contribution in [0.15, 0.2) is 18.3 Å². The molecule has 0 aromatic carbocycles. The van der Waals surface area contributed by atoms with Gasteiger partial charge in [0.15, 0.2) is 0 Å². The van der Waals surface area contributed by atoms with E-state index in [1.807, 2.05) is 12.1 Å². The number of hydrogen-bond donors (Lipinski definition) is 1. The molecule has 1 fully saturated rings. The van der Waals surface area contributed by atoms with Gasteiger partial charge in [-0.3, -0.25) is 0 Å². The highest BCUT2D eigenvalue weighted by atomic mass is 16.5. The van der Waals surface area contributed by atoms with Gasteiger partial charge >= 0.3 is 0 Å². The molecule has 82 valence electrons. The lowest BCUT2D eigenvalue weighted by atomic mass is 10.2. The second kappa shape index (κ2) is 4.06. The van der Waals surface area contributed by atoms with Gasteiger partial charge in [0.2, 0.25) is 0 Å². The summed E-state index contributed by atoms with van der Waals surface area (Å²) in [7, 11) is 0. The molecule has 15 heavy (non-hydrogen) atoms. The van der Waals surface area contributed by atoms with E-state index in [2.05, 4.69) is 23.7 Å². The Morgan fingerprint density at radius 1 is 1.33 bits per heavy atom. The molecular formula is C11H17N3O. The van der Waals surface area contributed by atoms with E-state index < -0.39 is 0 Å². The van der Waals surface area contributed by atoms with Crippen LogP contribution in [-0.4, -0.2) is 30.3 Å². The summed E-state index contributed by atoms with van der Waals surface area (Å²) in [5, 5.41) is 0. The van der Waals surface area contributed by atoms with E-state index in [9.17, 15) is 0 Å². The lowest BCUT2D eigenvalue weighted by molar-refractivity contribution is -0.00545. The molecule has 2 heterocycles. The van der Waals surface area contributed by atoms with Gasteiger partial charge < -0.3 is 15.4 Å². The Labute approximate surface area is 90.0 Å². The highest BCUT2D eigenvalue weighted by Gasteiger charge is 2.22. The fourth-order valence-electron chi connectivity index (χ4n) is 1.95. The Morgan fingerprint density at radius 3 is 2.53 bits per heavy atom. The van der Waals surface area contributed by atoms with Crippen molar-refractivity contribution in [1.82, 2.24) is 4.98 Å². The Balaban J connectivity index is 2.12. The molecule has 0 aliphatic carbocycles. The maximum absolute atomic E-state index is 5.67. The van der Waals surface area contributed by atoms with Crippen LogP contribution in [0.4, 0.5) is 11.5 Å². The summed E-state index contributed by atoms with van der Waals surface area (Å²) in [5.74, 6) is 0.978. The van der Waals surface area contributed by atoms with E-state index in [0.717, 1.165) is 18.9 Å². The maximum atomic E-state index is 5.67. The Bertz CT molecular complexity index is 315. The fraction of sp³-hybridized carbons (Fsp3) is 0.545. The number of aromatic nitrogens is 1. The molecule has 0 spiro atoms. The van der Waals surface area contributed by atoms with Crippen molar-refractivity contribution in [2.24, 2.45) is 0 Å². The van der Waals surface area contributed by atoms with Crippen LogP contribution in [0, 0.1) is 0 Å². The second-order valence-electron chi connectivity index (χ2n) is 4.11. The lowest BCUT2D eigenvalue weighted by Crippen LogP contribution is -2.45. The van der Waals surface area contributed by atoms with Crippen LogP contribution >= 0.6 is 0 Å². The molecule has 2 atom stereocenters. The lowest BCUT2D eigenvalue weighted by Gasteiger charge is -2.36. The predicted molar refractivity (Wildman–Crippen MR) is 60.9 cm³/mol. The van der Waals surface area contributed by atoms with Gasteiger partial charge in [-0.1, -0.05) is 0 Å². The zero-order valence-corrected chi connectivity index (χ0v) is 9.18. The normalized spacial score (nSPS) is 26.7. The Hall–Kier alpha value is -1.29. The van der Waals surface area contributed by atoms with Gasteiger partial charge in [-0.05, 0) is 26.0 Å². The molecule has 1 aliphatic rings. The van der Waals surface area contributed by atoms with E-state index in [0.29, 0.717) is 5.69 Å². The van der Waals surface area contributed by atoms with Crippen molar-refractivity contribution in [3.8, 4) is 0 Å². The van der Waals surface area contributed by atoms with E-state index in [-0.39, 0.29) is 12.2 Å². The van der Waals surface area contributed by atoms with Gasteiger partial charge in [0.25, 0.3) is 0 Å². The maximum Gasteiger partial charge on any atom is 0.128 e. The highest BCUT2D eigenvalue weighted by Crippen LogP contribution is 2.18. The topological polar surface area (TPSA) is 51.4 Å². The minimum Gasteiger partial charge on any atom is -0.397 e. The van der Waals surface area contributed by atoms with Gasteiger partial charge in [-0.2, -0.15) is 0 Å². The first-order chi connectivity index (χ1) is 7.15. The minimum absolute atomic E-state index is 0.258. The number of morpholine rings is 1. The van der Waals surface area contributed by atoms with Crippen LogP contribution in [0.1, 0.15) is 13.8 Å². The fourth-order valence-corrected chi connectivity index (χ4v) is 1.95. The first-order valence-electron chi connectivity index (χ1n) is 5.27. The standard InChI is InChI=1S/C11H17N3O/c1-8-6-14(7-9(2)15-8)11-4-3-10(12)5-13-11/h3-5,8-9H,6-7,12H2,1-2H3/t8-,9-/m0/s1. The van der Waals surface area contributed by atoms with Crippen molar-refractivity contribution in [2.75, 3.05) is 23.7 Å². The van der Waals surface area contributed by atoms with Gasteiger partial charge in [0, 0.05) is 13.1 Å². The smallest absolute Gasteiger partial charge is 0.128 e. The zero-order chi connectivity index (χ0) is 10.8. The molecule has 0 bridgehead atoms. The number of nitrogens with two attached hydrogens (primary N) is 1. The van der Waals surface area contributed by atoms with Crippen molar-refractivity contribution in [3.63, 3.8) is 0 Å². The molecule has 0 radical (unpaired) electrons. The second-order valence-corrected chi connectivity index (χ2v) is 4.11. The molecule has 2 rings (SSSR count). The average molecular weight is 207 g/mol. The molecule has 1 aliphatic heterocycles. The summed E-state index contributed by atoms with van der Waals surface area (Å²) in [6.45, 7) is 5.95. The molecule has 2 N–H and O–H groups in total. The molecule has 1 aromatic rings. The zero-order valence-electron chi connectivity index (χ0n) is 9.18. The van der Waals surface area contributed by atoms with Gasteiger partial charge in [0.1, 0.15) is 5.82 Å². The number of pyridine rings is 1.